The lowest BCUT2D eigenvalue weighted by molar-refractivity contribution is -0.135. The number of aromatic nitrogens is 2. The molecule has 2 saturated heterocycles. The molecule has 30 heavy (non-hydrogen) atoms. The summed E-state index contributed by atoms with van der Waals surface area (Å²) in [6.45, 7) is 7.14. The summed E-state index contributed by atoms with van der Waals surface area (Å²) in [6, 6.07) is 5.93. The summed E-state index contributed by atoms with van der Waals surface area (Å²) in [5.41, 5.74) is 3.85. The number of pyridine rings is 1. The monoisotopic (exact) mass is 424 g/mol. The van der Waals surface area contributed by atoms with Crippen molar-refractivity contribution in [1.82, 2.24) is 19.4 Å². The van der Waals surface area contributed by atoms with Gasteiger partial charge in [0.1, 0.15) is 12.4 Å². The first kappa shape index (κ1) is 20.4. The number of carbonyl (C=O) groups is 3. The highest BCUT2D eigenvalue weighted by Gasteiger charge is 2.37. The number of carbonyl (C=O) groups excluding carboxylic acids is 3. The normalized spacial score (nSPS) is 18.2. The number of amides is 3. The third kappa shape index (κ3) is 3.79. The summed E-state index contributed by atoms with van der Waals surface area (Å²) in [5.74, 6) is 0.232. The fourth-order valence-electron chi connectivity index (χ4n) is 3.86. The quantitative estimate of drug-likeness (QED) is 0.703. The van der Waals surface area contributed by atoms with Gasteiger partial charge in [0, 0.05) is 30.7 Å². The molecular formula is C22H24N4O3S. The van der Waals surface area contributed by atoms with Crippen LogP contribution in [0.1, 0.15) is 35.4 Å². The number of nitrogens with zero attached hydrogens (tertiary/aromatic N) is 4. The molecule has 0 bridgehead atoms. The van der Waals surface area contributed by atoms with Gasteiger partial charge >= 0.3 is 0 Å². The van der Waals surface area contributed by atoms with E-state index in [1.165, 1.54) is 0 Å². The van der Waals surface area contributed by atoms with Crippen LogP contribution in [0.5, 0.6) is 0 Å². The maximum absolute atomic E-state index is 12.8. The minimum atomic E-state index is -0.407. The van der Waals surface area contributed by atoms with E-state index in [1.54, 1.807) is 11.0 Å². The van der Waals surface area contributed by atoms with Crippen LogP contribution in [0.3, 0.4) is 0 Å². The van der Waals surface area contributed by atoms with E-state index in [9.17, 15) is 14.4 Å². The van der Waals surface area contributed by atoms with Crippen molar-refractivity contribution in [3.05, 3.63) is 51.8 Å². The van der Waals surface area contributed by atoms with E-state index in [4.69, 9.17) is 0 Å². The van der Waals surface area contributed by atoms with Crippen molar-refractivity contribution in [3.8, 4) is 5.82 Å². The van der Waals surface area contributed by atoms with Gasteiger partial charge in [0.05, 0.1) is 4.91 Å². The summed E-state index contributed by atoms with van der Waals surface area (Å²) >= 11 is 0.886. The molecule has 0 N–H and O–H groups in total. The van der Waals surface area contributed by atoms with E-state index >= 15 is 0 Å². The highest BCUT2D eigenvalue weighted by atomic mass is 32.2. The van der Waals surface area contributed by atoms with Gasteiger partial charge in [-0.1, -0.05) is 6.07 Å². The average molecular weight is 425 g/mol. The van der Waals surface area contributed by atoms with E-state index in [-0.39, 0.29) is 12.5 Å². The first-order valence-electron chi connectivity index (χ1n) is 10.0. The molecule has 0 radical (unpaired) electrons. The molecule has 8 heteroatoms. The van der Waals surface area contributed by atoms with Crippen LogP contribution in [0, 0.1) is 20.8 Å². The fourth-order valence-corrected chi connectivity index (χ4v) is 4.69. The predicted molar refractivity (Wildman–Crippen MR) is 116 cm³/mol. The minimum absolute atomic E-state index is 0.167. The Bertz CT molecular complexity index is 1050. The molecule has 0 spiro atoms. The second-order valence-electron chi connectivity index (χ2n) is 7.71. The summed E-state index contributed by atoms with van der Waals surface area (Å²) in [7, 11) is 0. The van der Waals surface area contributed by atoms with Gasteiger partial charge in [-0.25, -0.2) is 4.98 Å². The van der Waals surface area contributed by atoms with E-state index in [0.29, 0.717) is 18.0 Å². The number of aryl methyl sites for hydroxylation is 2. The molecule has 0 atom stereocenters. The first-order valence-corrected chi connectivity index (χ1v) is 10.8. The smallest absolute Gasteiger partial charge is 0.294 e. The van der Waals surface area contributed by atoms with Gasteiger partial charge in [-0.2, -0.15) is 0 Å². The van der Waals surface area contributed by atoms with Gasteiger partial charge in [-0.3, -0.25) is 19.3 Å². The zero-order valence-corrected chi connectivity index (χ0v) is 18.2. The number of thioether (sulfide) groups is 1. The molecule has 156 valence electrons. The Hall–Kier alpha value is -2.87. The van der Waals surface area contributed by atoms with Crippen molar-refractivity contribution in [2.75, 3.05) is 19.6 Å². The van der Waals surface area contributed by atoms with E-state index < -0.39 is 11.1 Å². The fraction of sp³-hybridized carbons (Fsp3) is 0.364. The molecule has 0 saturated carbocycles. The van der Waals surface area contributed by atoms with Crippen molar-refractivity contribution in [3.63, 3.8) is 0 Å². The summed E-state index contributed by atoms with van der Waals surface area (Å²) < 4.78 is 2.02. The highest BCUT2D eigenvalue weighted by molar-refractivity contribution is 8.18. The third-order valence-corrected chi connectivity index (χ3v) is 6.41. The lowest BCUT2D eigenvalue weighted by Gasteiger charge is -2.18. The Labute approximate surface area is 179 Å². The zero-order chi connectivity index (χ0) is 21.4. The molecule has 2 aliphatic rings. The molecule has 7 nitrogen and oxygen atoms in total. The molecule has 0 aromatic carbocycles. The number of likely N-dealkylation sites (tertiary alicyclic amines) is 1. The number of hydrogen-bond acceptors (Lipinski definition) is 5. The predicted octanol–water partition coefficient (Wildman–Crippen LogP) is 3.46. The zero-order valence-electron chi connectivity index (χ0n) is 17.3. The molecular weight excluding hydrogens is 400 g/mol. The maximum atomic E-state index is 12.8. The second kappa shape index (κ2) is 8.10. The maximum Gasteiger partial charge on any atom is 0.294 e. The Morgan fingerprint density at radius 2 is 1.90 bits per heavy atom. The van der Waals surface area contributed by atoms with Crippen LogP contribution in [0.4, 0.5) is 4.79 Å². The van der Waals surface area contributed by atoms with Gasteiger partial charge in [0.2, 0.25) is 5.91 Å². The van der Waals surface area contributed by atoms with Crippen LogP contribution in [-0.4, -0.2) is 56.0 Å². The molecule has 4 heterocycles. The topological polar surface area (TPSA) is 75.5 Å². The van der Waals surface area contributed by atoms with Gasteiger partial charge in [0.15, 0.2) is 0 Å². The molecule has 2 fully saturated rings. The van der Waals surface area contributed by atoms with Crippen LogP contribution < -0.4 is 0 Å². The number of rotatable bonds is 4. The number of imide groups is 1. The van der Waals surface area contributed by atoms with Crippen LogP contribution >= 0.6 is 11.8 Å². The Kier molecular flexibility index (Phi) is 5.51. The van der Waals surface area contributed by atoms with E-state index in [2.05, 4.69) is 4.98 Å². The van der Waals surface area contributed by atoms with Gasteiger partial charge in [0.25, 0.3) is 11.1 Å². The summed E-state index contributed by atoms with van der Waals surface area (Å²) in [5, 5.41) is -0.396. The second-order valence-corrected chi connectivity index (χ2v) is 8.70. The largest absolute Gasteiger partial charge is 0.341 e. The molecule has 0 aliphatic carbocycles. The standard InChI is InChI=1S/C22H24N4O3S/c1-14-6-7-19(23-12-14)26-15(2)10-17(16(26)3)11-18-21(28)25(22(29)30-18)13-20(27)24-8-4-5-9-24/h6-7,10-12H,4-5,8-9,13H2,1-3H3. The van der Waals surface area contributed by atoms with Crippen molar-refractivity contribution in [1.29, 1.82) is 0 Å². The Balaban J connectivity index is 1.57. The molecule has 0 unspecified atom stereocenters. The molecule has 4 rings (SSSR count). The molecule has 2 aromatic rings. The summed E-state index contributed by atoms with van der Waals surface area (Å²) in [4.78, 5) is 45.2. The molecule has 2 aliphatic heterocycles. The highest BCUT2D eigenvalue weighted by Crippen LogP contribution is 2.33. The SMILES string of the molecule is Cc1ccc(-n2c(C)cc(C=C3SC(=O)N(CC(=O)N4CCCC4)C3=O)c2C)nc1. The van der Waals surface area contributed by atoms with Crippen molar-refractivity contribution >= 4 is 34.9 Å². The van der Waals surface area contributed by atoms with E-state index in [1.807, 2.05) is 49.7 Å². The van der Waals surface area contributed by atoms with Crippen LogP contribution in [0.15, 0.2) is 29.3 Å². The van der Waals surface area contributed by atoms with Crippen molar-refractivity contribution in [2.24, 2.45) is 0 Å². The lowest BCUT2D eigenvalue weighted by Crippen LogP contribution is -2.40. The van der Waals surface area contributed by atoms with Gasteiger partial charge in [-0.05, 0) is 74.7 Å². The van der Waals surface area contributed by atoms with Gasteiger partial charge in [-0.15, -0.1) is 0 Å². The third-order valence-electron chi connectivity index (χ3n) is 5.51. The van der Waals surface area contributed by atoms with Crippen molar-refractivity contribution in [2.45, 2.75) is 33.6 Å². The van der Waals surface area contributed by atoms with Crippen LogP contribution in [0.2, 0.25) is 0 Å². The Morgan fingerprint density at radius 3 is 2.57 bits per heavy atom. The lowest BCUT2D eigenvalue weighted by atomic mass is 10.2. The van der Waals surface area contributed by atoms with Crippen LogP contribution in [-0.2, 0) is 9.59 Å². The van der Waals surface area contributed by atoms with E-state index in [0.717, 1.165) is 57.8 Å². The minimum Gasteiger partial charge on any atom is -0.341 e. The van der Waals surface area contributed by atoms with Gasteiger partial charge < -0.3 is 9.47 Å². The average Bonchev–Trinajstić information content (AvgIpc) is 3.40. The van der Waals surface area contributed by atoms with Crippen molar-refractivity contribution < 1.29 is 14.4 Å². The summed E-state index contributed by atoms with van der Waals surface area (Å²) in [6.07, 6.45) is 5.49. The number of hydrogen-bond donors (Lipinski definition) is 0. The first-order chi connectivity index (χ1) is 14.3. The Morgan fingerprint density at radius 1 is 1.17 bits per heavy atom. The molecule has 3 amide bonds. The molecule has 2 aromatic heterocycles. The van der Waals surface area contributed by atoms with Crippen LogP contribution in [0.25, 0.3) is 11.9 Å².